The van der Waals surface area contributed by atoms with Gasteiger partial charge >= 0.3 is 0 Å². The van der Waals surface area contributed by atoms with E-state index >= 15 is 0 Å². The average molecular weight is 446 g/mol. The largest absolute Gasteiger partial charge is 0.346 e. The van der Waals surface area contributed by atoms with Crippen LogP contribution >= 0.6 is 0 Å². The van der Waals surface area contributed by atoms with Gasteiger partial charge in [-0.1, -0.05) is 54.6 Å². The lowest BCUT2D eigenvalue weighted by molar-refractivity contribution is 0.0950. The van der Waals surface area contributed by atoms with Crippen molar-refractivity contribution in [3.8, 4) is 22.4 Å². The Kier molecular flexibility index (Phi) is 6.05. The third-order valence-corrected chi connectivity index (χ3v) is 5.73. The van der Waals surface area contributed by atoms with Crippen molar-refractivity contribution in [1.29, 1.82) is 0 Å². The predicted molar refractivity (Wildman–Crippen MR) is 134 cm³/mol. The maximum Gasteiger partial charge on any atom is 0.251 e. The molecular weight excluding hydrogens is 422 g/mol. The average Bonchev–Trinajstić information content (AvgIpc) is 2.92. The van der Waals surface area contributed by atoms with Crippen LogP contribution in [0.2, 0.25) is 0 Å². The molecule has 0 bridgehead atoms. The van der Waals surface area contributed by atoms with E-state index in [-0.39, 0.29) is 5.91 Å². The first-order valence-corrected chi connectivity index (χ1v) is 11.0. The highest BCUT2D eigenvalue weighted by Crippen LogP contribution is 2.34. The Labute approximate surface area is 197 Å². The number of carbonyl (C=O) groups is 1. The minimum atomic E-state index is -0.172. The molecule has 2 aromatic carbocycles. The Balaban J connectivity index is 1.58. The number of amides is 1. The lowest BCUT2D eigenvalue weighted by atomic mass is 9.96. The number of fused-ring (bicyclic) bond motifs is 1. The van der Waals surface area contributed by atoms with Crippen LogP contribution in [-0.4, -0.2) is 20.9 Å². The number of nitrogens with one attached hydrogen (secondary N) is 1. The fraction of sp³-hybridized carbons (Fsp3) is 0.0714. The summed E-state index contributed by atoms with van der Waals surface area (Å²) in [6, 6.07) is 25.7. The molecule has 5 rings (SSSR count). The number of nitrogens with two attached hydrogens (primary N) is 1. The SMILES string of the molecule is NCc1ccc(-c2nc3ccnc(CNC(=O)c4ccncc4)c3cc2-c2ccccc2)cc1. The van der Waals surface area contributed by atoms with Crippen molar-refractivity contribution in [2.24, 2.45) is 5.73 Å². The molecule has 34 heavy (non-hydrogen) atoms. The summed E-state index contributed by atoms with van der Waals surface area (Å²) >= 11 is 0. The van der Waals surface area contributed by atoms with Crippen LogP contribution < -0.4 is 11.1 Å². The zero-order valence-electron chi connectivity index (χ0n) is 18.5. The van der Waals surface area contributed by atoms with Crippen LogP contribution in [0, 0.1) is 0 Å². The number of rotatable bonds is 6. The smallest absolute Gasteiger partial charge is 0.251 e. The minimum Gasteiger partial charge on any atom is -0.346 e. The zero-order valence-corrected chi connectivity index (χ0v) is 18.5. The molecule has 0 radical (unpaired) electrons. The third-order valence-electron chi connectivity index (χ3n) is 5.73. The van der Waals surface area contributed by atoms with Crippen molar-refractivity contribution < 1.29 is 4.79 Å². The summed E-state index contributed by atoms with van der Waals surface area (Å²) < 4.78 is 0. The fourth-order valence-electron chi connectivity index (χ4n) is 3.92. The molecule has 1 amide bonds. The molecular formula is C28H23N5O. The molecule has 0 saturated heterocycles. The molecule has 166 valence electrons. The maximum atomic E-state index is 12.5. The van der Waals surface area contributed by atoms with E-state index in [1.54, 1.807) is 30.7 Å². The second-order valence-electron chi connectivity index (χ2n) is 7.89. The first-order chi connectivity index (χ1) is 16.7. The van der Waals surface area contributed by atoms with Crippen LogP contribution in [0.3, 0.4) is 0 Å². The van der Waals surface area contributed by atoms with Gasteiger partial charge in [0.05, 0.1) is 23.4 Å². The molecule has 0 aliphatic rings. The molecule has 6 nitrogen and oxygen atoms in total. The van der Waals surface area contributed by atoms with Gasteiger partial charge in [-0.05, 0) is 35.4 Å². The van der Waals surface area contributed by atoms with Gasteiger partial charge in [0.1, 0.15) is 0 Å². The Bertz CT molecular complexity index is 1440. The molecule has 0 unspecified atom stereocenters. The molecule has 0 saturated carbocycles. The highest BCUT2D eigenvalue weighted by Gasteiger charge is 2.15. The molecule has 3 heterocycles. The molecule has 3 N–H and O–H groups in total. The summed E-state index contributed by atoms with van der Waals surface area (Å²) in [5.41, 5.74) is 13.0. The van der Waals surface area contributed by atoms with Gasteiger partial charge in [-0.2, -0.15) is 0 Å². The highest BCUT2D eigenvalue weighted by molar-refractivity contribution is 5.95. The Morgan fingerprint density at radius 2 is 1.62 bits per heavy atom. The van der Waals surface area contributed by atoms with E-state index in [0.29, 0.717) is 18.7 Å². The molecule has 3 aromatic heterocycles. The number of pyridine rings is 3. The number of carbonyl (C=O) groups excluding carboxylic acids is 1. The Hall–Kier alpha value is -4.42. The summed E-state index contributed by atoms with van der Waals surface area (Å²) in [5, 5.41) is 3.86. The molecule has 5 aromatic rings. The summed E-state index contributed by atoms with van der Waals surface area (Å²) in [5.74, 6) is -0.172. The molecule has 6 heteroatoms. The number of nitrogens with zero attached hydrogens (tertiary/aromatic N) is 3. The maximum absolute atomic E-state index is 12.5. The third kappa shape index (κ3) is 4.40. The first-order valence-electron chi connectivity index (χ1n) is 11.0. The van der Waals surface area contributed by atoms with E-state index in [1.807, 2.05) is 36.4 Å². The van der Waals surface area contributed by atoms with Gasteiger partial charge < -0.3 is 11.1 Å². The van der Waals surface area contributed by atoms with Crippen LogP contribution in [0.4, 0.5) is 0 Å². The van der Waals surface area contributed by atoms with Gasteiger partial charge in [-0.25, -0.2) is 4.98 Å². The van der Waals surface area contributed by atoms with Crippen molar-refractivity contribution in [3.05, 3.63) is 114 Å². The second-order valence-corrected chi connectivity index (χ2v) is 7.89. The first kappa shape index (κ1) is 21.4. The van der Waals surface area contributed by atoms with Crippen LogP contribution in [0.1, 0.15) is 21.6 Å². The number of benzene rings is 2. The molecule has 0 atom stereocenters. The summed E-state index contributed by atoms with van der Waals surface area (Å²) in [7, 11) is 0. The number of hydrogen-bond acceptors (Lipinski definition) is 5. The quantitative estimate of drug-likeness (QED) is 0.393. The van der Waals surface area contributed by atoms with E-state index in [1.165, 1.54) is 0 Å². The predicted octanol–water partition coefficient (Wildman–Crippen LogP) is 4.75. The van der Waals surface area contributed by atoms with Gasteiger partial charge in [0.25, 0.3) is 5.91 Å². The lowest BCUT2D eigenvalue weighted by Gasteiger charge is -2.14. The normalized spacial score (nSPS) is 10.9. The lowest BCUT2D eigenvalue weighted by Crippen LogP contribution is -2.23. The molecule has 0 aliphatic carbocycles. The van der Waals surface area contributed by atoms with E-state index in [0.717, 1.165) is 44.5 Å². The van der Waals surface area contributed by atoms with E-state index in [9.17, 15) is 4.79 Å². The number of aromatic nitrogens is 3. The molecule has 0 spiro atoms. The Morgan fingerprint density at radius 1 is 0.853 bits per heavy atom. The van der Waals surface area contributed by atoms with Crippen molar-refractivity contribution in [2.75, 3.05) is 0 Å². The minimum absolute atomic E-state index is 0.172. The van der Waals surface area contributed by atoms with Crippen LogP contribution in [-0.2, 0) is 13.1 Å². The van der Waals surface area contributed by atoms with Gasteiger partial charge in [0, 0.05) is 47.2 Å². The molecule has 0 aliphatic heterocycles. The van der Waals surface area contributed by atoms with Crippen LogP contribution in [0.5, 0.6) is 0 Å². The van der Waals surface area contributed by atoms with Crippen molar-refractivity contribution in [1.82, 2.24) is 20.3 Å². The van der Waals surface area contributed by atoms with E-state index in [2.05, 4.69) is 45.6 Å². The van der Waals surface area contributed by atoms with Crippen LogP contribution in [0.15, 0.2) is 97.5 Å². The van der Waals surface area contributed by atoms with Crippen LogP contribution in [0.25, 0.3) is 33.3 Å². The van der Waals surface area contributed by atoms with E-state index in [4.69, 9.17) is 10.7 Å². The summed E-state index contributed by atoms with van der Waals surface area (Å²) in [6.07, 6.45) is 4.93. The topological polar surface area (TPSA) is 93.8 Å². The summed E-state index contributed by atoms with van der Waals surface area (Å²) in [6.45, 7) is 0.788. The standard InChI is InChI=1S/C28H23N5O/c29-17-19-6-8-21(9-7-19)27-23(20-4-2-1-3-5-20)16-24-25(33-27)12-15-31-26(24)18-32-28(34)22-10-13-30-14-11-22/h1-16H,17-18,29H2,(H,32,34). The molecule has 0 fully saturated rings. The zero-order chi connectivity index (χ0) is 23.3. The van der Waals surface area contributed by atoms with Gasteiger partial charge in [0.2, 0.25) is 0 Å². The van der Waals surface area contributed by atoms with Crippen molar-refractivity contribution in [3.63, 3.8) is 0 Å². The van der Waals surface area contributed by atoms with Crippen molar-refractivity contribution in [2.45, 2.75) is 13.1 Å². The monoisotopic (exact) mass is 445 g/mol. The Morgan fingerprint density at radius 3 is 2.35 bits per heavy atom. The highest BCUT2D eigenvalue weighted by atomic mass is 16.1. The van der Waals surface area contributed by atoms with Gasteiger partial charge in [-0.3, -0.25) is 14.8 Å². The summed E-state index contributed by atoms with van der Waals surface area (Å²) in [4.78, 5) is 26.1. The van der Waals surface area contributed by atoms with E-state index < -0.39 is 0 Å². The second kappa shape index (κ2) is 9.60. The van der Waals surface area contributed by atoms with Gasteiger partial charge in [0.15, 0.2) is 0 Å². The fourth-order valence-corrected chi connectivity index (χ4v) is 3.92. The van der Waals surface area contributed by atoms with Crippen molar-refractivity contribution >= 4 is 16.8 Å². The van der Waals surface area contributed by atoms with Gasteiger partial charge in [-0.15, -0.1) is 0 Å². The number of hydrogen-bond donors (Lipinski definition) is 2.